The van der Waals surface area contributed by atoms with E-state index in [0.717, 1.165) is 16.0 Å². The van der Waals surface area contributed by atoms with E-state index in [1.807, 2.05) is 75.5 Å². The summed E-state index contributed by atoms with van der Waals surface area (Å²) in [6.45, 7) is 8.70. The molecule has 0 fully saturated rings. The van der Waals surface area contributed by atoms with E-state index in [2.05, 4.69) is 10.6 Å². The van der Waals surface area contributed by atoms with Gasteiger partial charge in [-0.2, -0.15) is 0 Å². The van der Waals surface area contributed by atoms with Gasteiger partial charge in [-0.3, -0.25) is 9.59 Å². The fourth-order valence-corrected chi connectivity index (χ4v) is 3.93. The van der Waals surface area contributed by atoms with Crippen molar-refractivity contribution in [3.05, 3.63) is 87.2 Å². The highest BCUT2D eigenvalue weighted by Crippen LogP contribution is 2.30. The Bertz CT molecular complexity index is 1140. The summed E-state index contributed by atoms with van der Waals surface area (Å²) in [5.74, 6) is 0.568. The zero-order valence-electron chi connectivity index (χ0n) is 19.9. The number of aryl methyl sites for hydroxylation is 1. The quantitative estimate of drug-likeness (QED) is 0.377. The van der Waals surface area contributed by atoms with Crippen molar-refractivity contribution in [3.63, 3.8) is 0 Å². The maximum Gasteiger partial charge on any atom is 0.268 e. The molecule has 3 aromatic rings. The van der Waals surface area contributed by atoms with Crippen LogP contribution in [0.3, 0.4) is 0 Å². The molecule has 0 aliphatic rings. The normalized spacial score (nSPS) is 12.1. The van der Waals surface area contributed by atoms with Gasteiger partial charge in [0.2, 0.25) is 0 Å². The smallest absolute Gasteiger partial charge is 0.268 e. The van der Waals surface area contributed by atoms with E-state index in [1.165, 1.54) is 11.3 Å². The van der Waals surface area contributed by atoms with E-state index >= 15 is 0 Å². The molecular formula is C27H30N2O4S. The largest absolute Gasteiger partial charge is 0.490 e. The second-order valence-corrected chi connectivity index (χ2v) is 8.64. The van der Waals surface area contributed by atoms with E-state index in [4.69, 9.17) is 9.47 Å². The Hall–Kier alpha value is -3.58. The van der Waals surface area contributed by atoms with Crippen LogP contribution in [0, 0.1) is 6.92 Å². The molecular weight excluding hydrogens is 448 g/mol. The van der Waals surface area contributed by atoms with E-state index < -0.39 is 0 Å². The van der Waals surface area contributed by atoms with Gasteiger partial charge in [0, 0.05) is 10.4 Å². The van der Waals surface area contributed by atoms with E-state index in [1.54, 1.807) is 18.2 Å². The molecule has 6 nitrogen and oxygen atoms in total. The molecule has 1 heterocycles. The number of ether oxygens (including phenoxy) is 2. The number of nitrogens with one attached hydrogen (secondary N) is 2. The number of amides is 2. The SMILES string of the molecule is CCOc1ccc([C@H](C)NC(=O)/C(=C/c2cccs2)NC(=O)c2ccc(C)cc2)cc1OCC. The van der Waals surface area contributed by atoms with E-state index in [9.17, 15) is 9.59 Å². The third-order valence-corrected chi connectivity index (χ3v) is 5.87. The highest BCUT2D eigenvalue weighted by atomic mass is 32.1. The fraction of sp³-hybridized carbons (Fsp3) is 0.259. The maximum atomic E-state index is 13.2. The molecule has 0 saturated carbocycles. The van der Waals surface area contributed by atoms with Crippen LogP contribution in [-0.4, -0.2) is 25.0 Å². The van der Waals surface area contributed by atoms with Gasteiger partial charge in [-0.05, 0) is 75.0 Å². The summed E-state index contributed by atoms with van der Waals surface area (Å²) in [7, 11) is 0. The maximum absolute atomic E-state index is 13.2. The van der Waals surface area contributed by atoms with Crippen LogP contribution < -0.4 is 20.1 Å². The molecule has 0 spiro atoms. The van der Waals surface area contributed by atoms with Crippen LogP contribution in [0.4, 0.5) is 0 Å². The minimum atomic E-state index is -0.381. The van der Waals surface area contributed by atoms with Gasteiger partial charge in [0.25, 0.3) is 11.8 Å². The van der Waals surface area contributed by atoms with Gasteiger partial charge in [-0.1, -0.05) is 29.8 Å². The zero-order chi connectivity index (χ0) is 24.5. The molecule has 0 aliphatic heterocycles. The Balaban J connectivity index is 1.80. The van der Waals surface area contributed by atoms with Gasteiger partial charge in [-0.25, -0.2) is 0 Å². The van der Waals surface area contributed by atoms with E-state index in [0.29, 0.717) is 30.3 Å². The van der Waals surface area contributed by atoms with Crippen molar-refractivity contribution < 1.29 is 19.1 Å². The summed E-state index contributed by atoms with van der Waals surface area (Å²) < 4.78 is 11.3. The van der Waals surface area contributed by atoms with Gasteiger partial charge in [0.1, 0.15) is 5.70 Å². The highest BCUT2D eigenvalue weighted by molar-refractivity contribution is 7.10. The van der Waals surface area contributed by atoms with Crippen molar-refractivity contribution in [1.29, 1.82) is 0 Å². The first-order chi connectivity index (χ1) is 16.4. The van der Waals surface area contributed by atoms with Crippen molar-refractivity contribution in [3.8, 4) is 11.5 Å². The fourth-order valence-electron chi connectivity index (χ4n) is 3.27. The van der Waals surface area contributed by atoms with Gasteiger partial charge >= 0.3 is 0 Å². The Morgan fingerprint density at radius 2 is 1.71 bits per heavy atom. The third kappa shape index (κ3) is 6.71. The average molecular weight is 479 g/mol. The summed E-state index contributed by atoms with van der Waals surface area (Å²) in [6.07, 6.45) is 1.68. The second kappa shape index (κ2) is 12.0. The molecule has 2 N–H and O–H groups in total. The van der Waals surface area contributed by atoms with Crippen LogP contribution in [0.25, 0.3) is 6.08 Å². The highest BCUT2D eigenvalue weighted by Gasteiger charge is 2.19. The van der Waals surface area contributed by atoms with Crippen LogP contribution in [0.5, 0.6) is 11.5 Å². The van der Waals surface area contributed by atoms with E-state index in [-0.39, 0.29) is 23.6 Å². The summed E-state index contributed by atoms with van der Waals surface area (Å²) in [6, 6.07) is 16.3. The molecule has 0 unspecified atom stereocenters. The third-order valence-electron chi connectivity index (χ3n) is 5.05. The van der Waals surface area contributed by atoms with Crippen molar-refractivity contribution in [2.45, 2.75) is 33.7 Å². The number of hydrogen-bond acceptors (Lipinski definition) is 5. The molecule has 0 bridgehead atoms. The molecule has 1 aromatic heterocycles. The Morgan fingerprint density at radius 1 is 1.00 bits per heavy atom. The molecule has 0 saturated heterocycles. The van der Waals surface area contributed by atoms with Crippen molar-refractivity contribution in [2.24, 2.45) is 0 Å². The Kier molecular flexibility index (Phi) is 8.87. The van der Waals surface area contributed by atoms with Gasteiger partial charge in [-0.15, -0.1) is 11.3 Å². The van der Waals surface area contributed by atoms with Crippen LogP contribution in [0.15, 0.2) is 65.7 Å². The monoisotopic (exact) mass is 478 g/mol. The predicted octanol–water partition coefficient (Wildman–Crippen LogP) is 5.50. The minimum absolute atomic E-state index is 0.177. The minimum Gasteiger partial charge on any atom is -0.490 e. The lowest BCUT2D eigenvalue weighted by Crippen LogP contribution is -2.36. The molecule has 178 valence electrons. The van der Waals surface area contributed by atoms with Gasteiger partial charge < -0.3 is 20.1 Å². The molecule has 1 atom stereocenters. The lowest BCUT2D eigenvalue weighted by Gasteiger charge is -2.19. The number of rotatable bonds is 10. The molecule has 2 aromatic carbocycles. The number of carbonyl (C=O) groups excluding carboxylic acids is 2. The second-order valence-electron chi connectivity index (χ2n) is 7.66. The average Bonchev–Trinajstić information content (AvgIpc) is 3.33. The number of carbonyl (C=O) groups is 2. The molecule has 0 aliphatic carbocycles. The van der Waals surface area contributed by atoms with Crippen LogP contribution in [0.1, 0.15) is 53.2 Å². The summed E-state index contributed by atoms with van der Waals surface area (Å²) in [5.41, 5.74) is 2.58. The Labute approximate surface area is 204 Å². The van der Waals surface area contributed by atoms with Crippen LogP contribution in [0.2, 0.25) is 0 Å². The first-order valence-electron chi connectivity index (χ1n) is 11.2. The van der Waals surface area contributed by atoms with Crippen molar-refractivity contribution >= 4 is 29.2 Å². The first kappa shape index (κ1) is 25.1. The molecule has 2 amide bonds. The summed E-state index contributed by atoms with van der Waals surface area (Å²) >= 11 is 1.48. The number of benzene rings is 2. The van der Waals surface area contributed by atoms with Crippen molar-refractivity contribution in [1.82, 2.24) is 10.6 Å². The molecule has 0 radical (unpaired) electrons. The van der Waals surface area contributed by atoms with Gasteiger partial charge in [0.05, 0.1) is 19.3 Å². The lowest BCUT2D eigenvalue weighted by molar-refractivity contribution is -0.118. The number of thiophene rings is 1. The zero-order valence-corrected chi connectivity index (χ0v) is 20.7. The topological polar surface area (TPSA) is 76.7 Å². The predicted molar refractivity (Wildman–Crippen MR) is 136 cm³/mol. The first-order valence-corrected chi connectivity index (χ1v) is 12.1. The molecule has 7 heteroatoms. The Morgan fingerprint density at radius 3 is 2.35 bits per heavy atom. The van der Waals surface area contributed by atoms with Gasteiger partial charge in [0.15, 0.2) is 11.5 Å². The summed E-state index contributed by atoms with van der Waals surface area (Å²) in [4.78, 5) is 26.9. The molecule has 34 heavy (non-hydrogen) atoms. The summed E-state index contributed by atoms with van der Waals surface area (Å²) in [5, 5.41) is 7.68. The standard InChI is InChI=1S/C27H30N2O4S/c1-5-32-24-14-13-21(16-25(24)33-6-2)19(4)28-27(31)23(17-22-8-7-15-34-22)29-26(30)20-11-9-18(3)10-12-20/h7-17,19H,5-6H2,1-4H3,(H,28,31)(H,29,30)/b23-17-/t19-/m0/s1. The lowest BCUT2D eigenvalue weighted by atomic mass is 10.1. The number of hydrogen-bond donors (Lipinski definition) is 2. The van der Waals surface area contributed by atoms with Crippen molar-refractivity contribution in [2.75, 3.05) is 13.2 Å². The van der Waals surface area contributed by atoms with Crippen LogP contribution >= 0.6 is 11.3 Å². The molecule has 3 rings (SSSR count). The van der Waals surface area contributed by atoms with Crippen LogP contribution in [-0.2, 0) is 4.79 Å².